The first-order valence-electron chi connectivity index (χ1n) is 6.55. The summed E-state index contributed by atoms with van der Waals surface area (Å²) in [6.45, 7) is 2.36. The molecule has 0 spiro atoms. The van der Waals surface area contributed by atoms with Crippen LogP contribution in [0, 0.1) is 17.8 Å². The highest BCUT2D eigenvalue weighted by Gasteiger charge is 2.25. The predicted octanol–water partition coefficient (Wildman–Crippen LogP) is 3.43. The van der Waals surface area contributed by atoms with Crippen LogP contribution in [0.2, 0.25) is 0 Å². The van der Waals surface area contributed by atoms with Crippen LogP contribution in [-0.2, 0) is 0 Å². The van der Waals surface area contributed by atoms with Crippen LogP contribution in [-0.4, -0.2) is 25.0 Å². The van der Waals surface area contributed by atoms with Crippen molar-refractivity contribution in [2.45, 2.75) is 19.4 Å². The summed E-state index contributed by atoms with van der Waals surface area (Å²) in [6.07, 6.45) is 19.2. The number of allylic oxidation sites excluding steroid dienone is 6. The van der Waals surface area contributed by atoms with Gasteiger partial charge >= 0.3 is 0 Å². The van der Waals surface area contributed by atoms with Gasteiger partial charge in [0.05, 0.1) is 0 Å². The van der Waals surface area contributed by atoms with Crippen molar-refractivity contribution < 1.29 is 0 Å². The van der Waals surface area contributed by atoms with E-state index in [9.17, 15) is 0 Å². The fourth-order valence-electron chi connectivity index (χ4n) is 2.78. The Hall–Kier alpha value is -1.08. The van der Waals surface area contributed by atoms with Crippen molar-refractivity contribution in [2.24, 2.45) is 17.8 Å². The summed E-state index contributed by atoms with van der Waals surface area (Å²) in [6, 6.07) is 0.613. The van der Waals surface area contributed by atoms with E-state index in [0.717, 1.165) is 0 Å². The molecular formula is C16H23N. The van der Waals surface area contributed by atoms with Gasteiger partial charge in [0.1, 0.15) is 0 Å². The van der Waals surface area contributed by atoms with Gasteiger partial charge in [0.2, 0.25) is 0 Å². The minimum atomic E-state index is 0.585. The van der Waals surface area contributed by atoms with Crippen LogP contribution in [0.1, 0.15) is 13.3 Å². The van der Waals surface area contributed by atoms with Gasteiger partial charge in [-0.1, -0.05) is 55.5 Å². The molecule has 0 bridgehead atoms. The molecule has 1 nitrogen and oxygen atoms in total. The monoisotopic (exact) mass is 229 g/mol. The van der Waals surface area contributed by atoms with E-state index in [0.29, 0.717) is 23.8 Å². The Bertz CT molecular complexity index is 336. The normalized spacial score (nSPS) is 23.1. The smallest absolute Gasteiger partial charge is 0.0190 e. The number of hydrogen-bond acceptors (Lipinski definition) is 1. The molecule has 0 N–H and O–H groups in total. The fourth-order valence-corrected chi connectivity index (χ4v) is 2.78. The van der Waals surface area contributed by atoms with Gasteiger partial charge in [-0.2, -0.15) is 0 Å². The Kier molecular flexibility index (Phi) is 4.01. The van der Waals surface area contributed by atoms with E-state index < -0.39 is 0 Å². The van der Waals surface area contributed by atoms with Gasteiger partial charge in [0, 0.05) is 12.0 Å². The van der Waals surface area contributed by atoms with Gasteiger partial charge in [0.15, 0.2) is 0 Å². The molecule has 0 amide bonds. The number of nitrogens with zero attached hydrogens (tertiary/aromatic N) is 1. The topological polar surface area (TPSA) is 3.24 Å². The second-order valence-corrected chi connectivity index (χ2v) is 5.44. The maximum atomic E-state index is 2.36. The Morgan fingerprint density at radius 1 is 0.882 bits per heavy atom. The summed E-state index contributed by atoms with van der Waals surface area (Å²) in [5.41, 5.74) is 0. The second-order valence-electron chi connectivity index (χ2n) is 5.44. The van der Waals surface area contributed by atoms with Crippen LogP contribution in [0.5, 0.6) is 0 Å². The van der Waals surface area contributed by atoms with Gasteiger partial charge < -0.3 is 4.90 Å². The summed E-state index contributed by atoms with van der Waals surface area (Å²) in [5, 5.41) is 0. The first kappa shape index (κ1) is 12.4. The molecule has 0 saturated heterocycles. The Morgan fingerprint density at radius 3 is 1.82 bits per heavy atom. The van der Waals surface area contributed by atoms with Crippen molar-refractivity contribution in [2.75, 3.05) is 14.1 Å². The first-order chi connectivity index (χ1) is 8.18. The largest absolute Gasteiger partial charge is 0.306 e. The Labute approximate surface area is 105 Å². The van der Waals surface area contributed by atoms with E-state index in [1.165, 1.54) is 6.42 Å². The van der Waals surface area contributed by atoms with Crippen LogP contribution in [0.15, 0.2) is 48.6 Å². The van der Waals surface area contributed by atoms with Gasteiger partial charge in [-0.05, 0) is 32.4 Å². The molecule has 0 aliphatic heterocycles. The lowest BCUT2D eigenvalue weighted by molar-refractivity contribution is 0.213. The van der Waals surface area contributed by atoms with Gasteiger partial charge in [0.25, 0.3) is 0 Å². The zero-order valence-electron chi connectivity index (χ0n) is 11.1. The molecule has 1 heteroatoms. The van der Waals surface area contributed by atoms with E-state index in [-0.39, 0.29) is 0 Å². The van der Waals surface area contributed by atoms with Gasteiger partial charge in [-0.3, -0.25) is 0 Å². The van der Waals surface area contributed by atoms with Crippen LogP contribution in [0.3, 0.4) is 0 Å². The van der Waals surface area contributed by atoms with E-state index >= 15 is 0 Å². The predicted molar refractivity (Wildman–Crippen MR) is 74.8 cm³/mol. The quantitative estimate of drug-likeness (QED) is 0.698. The SMILES string of the molecule is CC(CC(C1C=CC=C1)N(C)C)C1C=CC=C1. The summed E-state index contributed by atoms with van der Waals surface area (Å²) in [5.74, 6) is 1.92. The molecule has 2 aliphatic carbocycles. The van der Waals surface area contributed by atoms with E-state index in [1.54, 1.807) is 0 Å². The standard InChI is InChI=1S/C16H23N/c1-13(14-8-4-5-9-14)12-16(17(2)3)15-10-6-7-11-15/h4-11,13-16H,12H2,1-3H3. The zero-order chi connectivity index (χ0) is 12.3. The molecule has 0 aromatic heterocycles. The van der Waals surface area contributed by atoms with Crippen LogP contribution in [0.25, 0.3) is 0 Å². The number of hydrogen-bond donors (Lipinski definition) is 0. The molecule has 0 aromatic rings. The molecule has 0 saturated carbocycles. The maximum Gasteiger partial charge on any atom is 0.0190 e. The summed E-state index contributed by atoms with van der Waals surface area (Å²) < 4.78 is 0. The molecule has 2 rings (SSSR count). The molecule has 92 valence electrons. The summed E-state index contributed by atoms with van der Waals surface area (Å²) >= 11 is 0. The van der Waals surface area contributed by atoms with Crippen molar-refractivity contribution >= 4 is 0 Å². The van der Waals surface area contributed by atoms with E-state index in [4.69, 9.17) is 0 Å². The van der Waals surface area contributed by atoms with Crippen molar-refractivity contribution in [3.05, 3.63) is 48.6 Å². The maximum absolute atomic E-state index is 2.36. The summed E-state index contributed by atoms with van der Waals surface area (Å²) in [7, 11) is 4.38. The van der Waals surface area contributed by atoms with Gasteiger partial charge in [-0.25, -0.2) is 0 Å². The van der Waals surface area contributed by atoms with Crippen LogP contribution in [0.4, 0.5) is 0 Å². The minimum Gasteiger partial charge on any atom is -0.306 e. The molecular weight excluding hydrogens is 206 g/mol. The highest BCUT2D eigenvalue weighted by Crippen LogP contribution is 2.29. The molecule has 0 aromatic carbocycles. The van der Waals surface area contributed by atoms with Gasteiger partial charge in [-0.15, -0.1) is 0 Å². The first-order valence-corrected chi connectivity index (χ1v) is 6.55. The third-order valence-electron chi connectivity index (χ3n) is 3.93. The fraction of sp³-hybridized carbons (Fsp3) is 0.500. The van der Waals surface area contributed by atoms with E-state index in [1.807, 2.05) is 0 Å². The summed E-state index contributed by atoms with van der Waals surface area (Å²) in [4.78, 5) is 2.36. The lowest BCUT2D eigenvalue weighted by Gasteiger charge is -2.31. The third-order valence-corrected chi connectivity index (χ3v) is 3.93. The minimum absolute atomic E-state index is 0.585. The second kappa shape index (κ2) is 5.50. The van der Waals surface area contributed by atoms with Crippen molar-refractivity contribution in [3.63, 3.8) is 0 Å². The van der Waals surface area contributed by atoms with Crippen LogP contribution >= 0.6 is 0 Å². The Morgan fingerprint density at radius 2 is 1.35 bits per heavy atom. The van der Waals surface area contributed by atoms with Crippen molar-refractivity contribution in [1.29, 1.82) is 0 Å². The molecule has 0 radical (unpaired) electrons. The highest BCUT2D eigenvalue weighted by molar-refractivity contribution is 5.21. The molecule has 0 fully saturated rings. The zero-order valence-corrected chi connectivity index (χ0v) is 11.1. The Balaban J connectivity index is 1.97. The van der Waals surface area contributed by atoms with E-state index in [2.05, 4.69) is 74.5 Å². The third kappa shape index (κ3) is 2.98. The molecule has 0 heterocycles. The van der Waals surface area contributed by atoms with Crippen molar-refractivity contribution in [3.8, 4) is 0 Å². The van der Waals surface area contributed by atoms with Crippen LogP contribution < -0.4 is 0 Å². The average Bonchev–Trinajstić information content (AvgIpc) is 2.97. The molecule has 17 heavy (non-hydrogen) atoms. The lowest BCUT2D eigenvalue weighted by atomic mass is 9.84. The molecule has 2 unspecified atom stereocenters. The number of rotatable bonds is 5. The lowest BCUT2D eigenvalue weighted by Crippen LogP contribution is -2.35. The molecule has 2 aliphatic rings. The van der Waals surface area contributed by atoms with Crippen molar-refractivity contribution in [1.82, 2.24) is 4.90 Å². The molecule has 2 atom stereocenters. The average molecular weight is 229 g/mol. The highest BCUT2D eigenvalue weighted by atomic mass is 15.1.